The number of hydrogen-bond acceptors (Lipinski definition) is 5. The largest absolute Gasteiger partial charge is 0.481 e. The van der Waals surface area contributed by atoms with E-state index in [0.717, 1.165) is 75.3 Å². The number of Topliss-reactive ketones (excluding diaryl/α,β-unsaturated/α-hetero) is 1. The number of carbonyl (C=O) groups is 4. The number of benzene rings is 1. The van der Waals surface area contributed by atoms with Gasteiger partial charge in [0.05, 0.1) is 17.4 Å². The Kier molecular flexibility index (Phi) is 9.75. The van der Waals surface area contributed by atoms with Gasteiger partial charge in [0.25, 0.3) is 0 Å². The van der Waals surface area contributed by atoms with Gasteiger partial charge in [0, 0.05) is 22.3 Å². The fourth-order valence-electron chi connectivity index (χ4n) is 13.6. The lowest BCUT2D eigenvalue weighted by Crippen LogP contribution is -2.65. The number of aliphatic carboxylic acids is 1. The van der Waals surface area contributed by atoms with Crippen molar-refractivity contribution in [1.29, 1.82) is 0 Å². The summed E-state index contributed by atoms with van der Waals surface area (Å²) in [5.74, 6) is -0.0463. The molecule has 0 saturated heterocycles. The lowest BCUT2D eigenvalue weighted by atomic mass is 9.33. The molecule has 1 aromatic rings. The normalized spacial score (nSPS) is 37.5. The van der Waals surface area contributed by atoms with Crippen molar-refractivity contribution in [3.8, 4) is 0 Å². The first-order valence-electron chi connectivity index (χ1n) is 21.0. The van der Waals surface area contributed by atoms with Gasteiger partial charge in [0.15, 0.2) is 5.78 Å². The summed E-state index contributed by atoms with van der Waals surface area (Å²) in [5, 5.41) is 13.6. The van der Waals surface area contributed by atoms with E-state index in [-0.39, 0.29) is 63.2 Å². The van der Waals surface area contributed by atoms with Crippen molar-refractivity contribution < 1.29 is 29.0 Å². The Morgan fingerprint density at radius 1 is 0.945 bits per heavy atom. The summed E-state index contributed by atoms with van der Waals surface area (Å²) >= 11 is 6.32. The number of nitrogens with one attached hydrogen (secondary N) is 1. The van der Waals surface area contributed by atoms with Gasteiger partial charge in [-0.2, -0.15) is 0 Å². The number of ether oxygens (including phenoxy) is 1. The van der Waals surface area contributed by atoms with Crippen molar-refractivity contribution >= 4 is 35.2 Å². The van der Waals surface area contributed by atoms with Gasteiger partial charge in [-0.25, -0.2) is 0 Å². The molecule has 300 valence electrons. The Bertz CT molecular complexity index is 1850. The van der Waals surface area contributed by atoms with Crippen LogP contribution >= 0.6 is 11.6 Å². The molecule has 8 atom stereocenters. The van der Waals surface area contributed by atoms with Crippen LogP contribution in [-0.2, 0) is 29.5 Å². The molecule has 5 fully saturated rings. The summed E-state index contributed by atoms with van der Waals surface area (Å²) in [4.78, 5) is 52.6. The van der Waals surface area contributed by atoms with Crippen molar-refractivity contribution in [2.24, 2.45) is 56.2 Å². The molecule has 0 aromatic heterocycles. The average molecular weight is 774 g/mol. The van der Waals surface area contributed by atoms with E-state index in [2.05, 4.69) is 59.9 Å². The minimum Gasteiger partial charge on any atom is -0.481 e. The highest BCUT2D eigenvalue weighted by atomic mass is 35.5. The first-order valence-corrected chi connectivity index (χ1v) is 21.4. The summed E-state index contributed by atoms with van der Waals surface area (Å²) < 4.78 is 6.17. The first-order chi connectivity index (χ1) is 25.6. The molecule has 55 heavy (non-hydrogen) atoms. The predicted molar refractivity (Wildman–Crippen MR) is 215 cm³/mol. The fourth-order valence-corrected chi connectivity index (χ4v) is 13.8. The van der Waals surface area contributed by atoms with Gasteiger partial charge in [-0.3, -0.25) is 19.2 Å². The van der Waals surface area contributed by atoms with E-state index >= 15 is 0 Å². The zero-order valence-corrected chi connectivity index (χ0v) is 35.5. The van der Waals surface area contributed by atoms with E-state index in [4.69, 9.17) is 16.3 Å². The van der Waals surface area contributed by atoms with Crippen molar-refractivity contribution in [1.82, 2.24) is 5.32 Å². The molecule has 0 heterocycles. The third kappa shape index (κ3) is 6.27. The molecule has 5 saturated carbocycles. The number of ketones is 1. The smallest absolute Gasteiger partial charge is 0.309 e. The Labute approximate surface area is 333 Å². The Balaban J connectivity index is 1.15. The number of esters is 1. The zero-order chi connectivity index (χ0) is 40.1. The van der Waals surface area contributed by atoms with E-state index in [9.17, 15) is 24.3 Å². The molecule has 1 aromatic carbocycles. The van der Waals surface area contributed by atoms with Gasteiger partial charge in [0.2, 0.25) is 5.91 Å². The summed E-state index contributed by atoms with van der Waals surface area (Å²) in [6.45, 7) is 19.6. The molecular formula is C47H64ClNO6. The van der Waals surface area contributed by atoms with Crippen molar-refractivity contribution in [3.05, 3.63) is 58.1 Å². The number of rotatable bonds is 9. The standard InChI is InChI=1S/C47H64ClNO6/c1-28(2)38-32(50)26-46(20-17-36(51)49-47(23-24-47)29-11-10-12-30(48)25-29)22-21-44(8)31(39(38)46)13-14-34-43(7)18-16-35(55-37(52)27-41(3,4)40(53)54)42(5,6)33(43)15-19-45(34,44)9/h10-12,17,20,25,28,31,33-35H,13-16,18-19,21-24,26-27H2,1-9H3,(H,49,51)(H,53,54)/b20-17+/t31-,33+,34-,35+,43+,44-,45-,46+/m1/s1. The molecule has 6 aliphatic rings. The fraction of sp³-hybridized carbons (Fsp3) is 0.702. The molecule has 0 radical (unpaired) electrons. The van der Waals surface area contributed by atoms with Gasteiger partial charge < -0.3 is 15.2 Å². The molecule has 2 N–H and O–H groups in total. The topological polar surface area (TPSA) is 110 Å². The van der Waals surface area contributed by atoms with E-state index in [1.54, 1.807) is 19.9 Å². The predicted octanol–water partition coefficient (Wildman–Crippen LogP) is 10.4. The SMILES string of the molecule is CC(C)C1=C2[C@H]3CC[C@@H]4[C@@]5(C)CC[C@H](OC(=O)CC(C)(C)C(=O)O)C(C)(C)[C@@H]5CC[C@@]4(C)[C@]3(C)CC[C@@]2(/C=C/C(=O)NC2(c3cccc(Cl)c3)CC2)CC1=O. The molecular weight excluding hydrogens is 710 g/mol. The molecule has 0 unspecified atom stereocenters. The Hall–Kier alpha value is -2.93. The molecule has 8 heteroatoms. The molecule has 6 aliphatic carbocycles. The highest BCUT2D eigenvalue weighted by Gasteiger charge is 2.70. The highest BCUT2D eigenvalue weighted by Crippen LogP contribution is 2.77. The molecule has 0 aliphatic heterocycles. The Morgan fingerprint density at radius 3 is 2.29 bits per heavy atom. The van der Waals surface area contributed by atoms with Crippen LogP contribution in [-0.4, -0.2) is 34.8 Å². The van der Waals surface area contributed by atoms with Crippen LogP contribution in [0, 0.1) is 56.2 Å². The second kappa shape index (κ2) is 13.3. The van der Waals surface area contributed by atoms with Crippen LogP contribution in [0.1, 0.15) is 145 Å². The minimum absolute atomic E-state index is 0.00981. The van der Waals surface area contributed by atoms with Crippen LogP contribution in [0.15, 0.2) is 47.6 Å². The first kappa shape index (κ1) is 40.3. The van der Waals surface area contributed by atoms with Gasteiger partial charge in [0.1, 0.15) is 6.10 Å². The second-order valence-electron chi connectivity index (χ2n) is 21.0. The number of carboxylic acids is 1. The number of fused-ring (bicyclic) bond motifs is 7. The number of carboxylic acid groups (broad SMARTS) is 1. The number of allylic oxidation sites excluding steroid dienone is 3. The third-order valence-electron chi connectivity index (χ3n) is 16.9. The maximum absolute atomic E-state index is 14.1. The number of amides is 1. The van der Waals surface area contributed by atoms with E-state index in [1.807, 2.05) is 24.3 Å². The molecule has 0 spiro atoms. The lowest BCUT2D eigenvalue weighted by molar-refractivity contribution is -0.232. The van der Waals surface area contributed by atoms with Crippen molar-refractivity contribution in [2.45, 2.75) is 151 Å². The zero-order valence-electron chi connectivity index (χ0n) is 34.7. The maximum Gasteiger partial charge on any atom is 0.309 e. The van der Waals surface area contributed by atoms with E-state index in [0.29, 0.717) is 23.3 Å². The van der Waals surface area contributed by atoms with Crippen molar-refractivity contribution in [2.75, 3.05) is 0 Å². The van der Waals surface area contributed by atoms with Crippen LogP contribution in [0.2, 0.25) is 5.02 Å². The summed E-state index contributed by atoms with van der Waals surface area (Å²) in [5.41, 5.74) is 1.24. The van der Waals surface area contributed by atoms with Gasteiger partial charge in [-0.05, 0) is 153 Å². The average Bonchev–Trinajstić information content (AvgIpc) is 3.80. The van der Waals surface area contributed by atoms with Gasteiger partial charge >= 0.3 is 11.9 Å². The summed E-state index contributed by atoms with van der Waals surface area (Å²) in [6, 6.07) is 7.77. The van der Waals surface area contributed by atoms with Crippen LogP contribution < -0.4 is 5.32 Å². The molecule has 7 rings (SSSR count). The number of hydrogen-bond donors (Lipinski definition) is 2. The molecule has 7 nitrogen and oxygen atoms in total. The highest BCUT2D eigenvalue weighted by molar-refractivity contribution is 6.30. The summed E-state index contributed by atoms with van der Waals surface area (Å²) in [7, 11) is 0. The number of carbonyl (C=O) groups excluding carboxylic acids is 3. The second-order valence-corrected chi connectivity index (χ2v) is 21.4. The van der Waals surface area contributed by atoms with E-state index in [1.165, 1.54) is 5.57 Å². The quantitative estimate of drug-likeness (QED) is 0.191. The van der Waals surface area contributed by atoms with Crippen LogP contribution in [0.3, 0.4) is 0 Å². The van der Waals surface area contributed by atoms with E-state index < -0.39 is 22.8 Å². The van der Waals surface area contributed by atoms with Crippen LogP contribution in [0.25, 0.3) is 0 Å². The van der Waals surface area contributed by atoms with Crippen LogP contribution in [0.4, 0.5) is 0 Å². The third-order valence-corrected chi connectivity index (χ3v) is 17.1. The van der Waals surface area contributed by atoms with Crippen LogP contribution in [0.5, 0.6) is 0 Å². The minimum atomic E-state index is -1.17. The van der Waals surface area contributed by atoms with Gasteiger partial charge in [-0.1, -0.05) is 78.3 Å². The number of halogens is 1. The molecule has 1 amide bonds. The van der Waals surface area contributed by atoms with Crippen molar-refractivity contribution in [3.63, 3.8) is 0 Å². The van der Waals surface area contributed by atoms with Gasteiger partial charge in [-0.15, -0.1) is 0 Å². The maximum atomic E-state index is 14.1. The monoisotopic (exact) mass is 773 g/mol. The Morgan fingerprint density at radius 2 is 1.65 bits per heavy atom. The summed E-state index contributed by atoms with van der Waals surface area (Å²) in [6.07, 6.45) is 13.5. The lowest BCUT2D eigenvalue weighted by Gasteiger charge is -2.72. The molecule has 0 bridgehead atoms.